The third kappa shape index (κ3) is 10.5. The second kappa shape index (κ2) is 10.8. The van der Waals surface area contributed by atoms with Gasteiger partial charge in [0.2, 0.25) is 0 Å². The second-order valence-electron chi connectivity index (χ2n) is 4.63. The second-order valence-corrected chi connectivity index (χ2v) is 4.63. The number of unbranched alkanes of at least 4 members (excludes halogenated alkanes) is 4. The number of nitrogens with zero attached hydrogens (tertiary/aromatic N) is 1. The van der Waals surface area contributed by atoms with E-state index in [0.29, 0.717) is 12.8 Å². The Morgan fingerprint density at radius 1 is 1.24 bits per heavy atom. The fourth-order valence-corrected chi connectivity index (χ4v) is 1.58. The number of aliphatic carboxylic acids is 1. The number of hydrogen-bond donors (Lipinski definition) is 2. The fourth-order valence-electron chi connectivity index (χ4n) is 1.58. The highest BCUT2D eigenvalue weighted by molar-refractivity contribution is 5.75. The quantitative estimate of drug-likeness (QED) is 0.234. The van der Waals surface area contributed by atoms with Gasteiger partial charge < -0.3 is 20.4 Å². The predicted molar refractivity (Wildman–Crippen MR) is 71.8 cm³/mol. The topological polar surface area (TPSA) is 142 Å². The third-order valence-electron chi connectivity index (χ3n) is 2.83. The van der Waals surface area contributed by atoms with E-state index in [1.165, 1.54) is 6.92 Å². The first-order valence-corrected chi connectivity index (χ1v) is 6.79. The molecule has 0 saturated carbocycles. The average Bonchev–Trinajstić information content (AvgIpc) is 2.40. The van der Waals surface area contributed by atoms with Gasteiger partial charge in [-0.1, -0.05) is 19.3 Å². The Morgan fingerprint density at radius 3 is 2.38 bits per heavy atom. The van der Waals surface area contributed by atoms with Gasteiger partial charge in [-0.05, 0) is 19.8 Å². The van der Waals surface area contributed by atoms with Crippen molar-refractivity contribution in [3.8, 4) is 0 Å². The summed E-state index contributed by atoms with van der Waals surface area (Å²) in [5, 5.41) is 17.7. The van der Waals surface area contributed by atoms with Crippen molar-refractivity contribution in [2.75, 3.05) is 6.61 Å². The molecule has 0 spiro atoms. The zero-order chi connectivity index (χ0) is 16.3. The molecular formula is C12H22N2O7. The summed E-state index contributed by atoms with van der Waals surface area (Å²) in [6.07, 6.45) is 2.94. The molecule has 0 rings (SSSR count). The molecule has 0 radical (unpaired) electrons. The highest BCUT2D eigenvalue weighted by atomic mass is 16.9. The van der Waals surface area contributed by atoms with E-state index in [-0.39, 0.29) is 13.0 Å². The predicted octanol–water partition coefficient (Wildman–Crippen LogP) is 0.879. The molecule has 0 heterocycles. The molecule has 0 saturated heterocycles. The van der Waals surface area contributed by atoms with Crippen LogP contribution in [0.4, 0.5) is 0 Å². The number of carbonyl (C=O) groups excluding carboxylic acids is 1. The van der Waals surface area contributed by atoms with Gasteiger partial charge >= 0.3 is 11.9 Å². The maximum absolute atomic E-state index is 11.4. The molecule has 9 nitrogen and oxygen atoms in total. The minimum Gasteiger partial charge on any atom is -0.480 e. The van der Waals surface area contributed by atoms with Gasteiger partial charge in [0.25, 0.3) is 5.09 Å². The van der Waals surface area contributed by atoms with Gasteiger partial charge in [-0.2, -0.15) is 0 Å². The van der Waals surface area contributed by atoms with E-state index < -0.39 is 29.2 Å². The molecule has 3 N–H and O–H groups in total. The van der Waals surface area contributed by atoms with Crippen molar-refractivity contribution in [2.24, 2.45) is 5.73 Å². The number of ether oxygens (including phenoxy) is 1. The van der Waals surface area contributed by atoms with Crippen molar-refractivity contribution in [1.82, 2.24) is 0 Å². The first kappa shape index (κ1) is 19.1. The Balaban J connectivity index is 3.54. The van der Waals surface area contributed by atoms with Crippen molar-refractivity contribution in [2.45, 2.75) is 57.6 Å². The number of rotatable bonds is 12. The molecule has 0 aliphatic heterocycles. The van der Waals surface area contributed by atoms with E-state index in [0.717, 1.165) is 19.3 Å². The van der Waals surface area contributed by atoms with Crippen molar-refractivity contribution in [3.63, 3.8) is 0 Å². The van der Waals surface area contributed by atoms with Crippen LogP contribution in [0.3, 0.4) is 0 Å². The van der Waals surface area contributed by atoms with Gasteiger partial charge in [0, 0.05) is 6.42 Å². The average molecular weight is 306 g/mol. The van der Waals surface area contributed by atoms with Gasteiger partial charge in [0.1, 0.15) is 12.1 Å². The number of hydrogen-bond acceptors (Lipinski definition) is 7. The van der Waals surface area contributed by atoms with Gasteiger partial charge in [-0.3, -0.25) is 9.59 Å². The molecule has 0 aliphatic rings. The molecule has 0 fully saturated rings. The molecule has 0 aromatic heterocycles. The molecule has 0 aromatic carbocycles. The van der Waals surface area contributed by atoms with E-state index >= 15 is 0 Å². The fraction of sp³-hybridized carbons (Fsp3) is 0.833. The summed E-state index contributed by atoms with van der Waals surface area (Å²) < 4.78 is 4.91. The van der Waals surface area contributed by atoms with Gasteiger partial charge in [-0.25, -0.2) is 0 Å². The minimum atomic E-state index is -1.23. The van der Waals surface area contributed by atoms with E-state index in [2.05, 4.69) is 4.84 Å². The van der Waals surface area contributed by atoms with Crippen LogP contribution in [0.5, 0.6) is 0 Å². The molecule has 21 heavy (non-hydrogen) atoms. The van der Waals surface area contributed by atoms with Crippen LogP contribution in [0.25, 0.3) is 0 Å². The number of nitrogens with two attached hydrogens (primary N) is 1. The lowest BCUT2D eigenvalue weighted by molar-refractivity contribution is -0.757. The van der Waals surface area contributed by atoms with Crippen molar-refractivity contribution in [1.29, 1.82) is 0 Å². The number of carboxylic acid groups (broad SMARTS) is 1. The standard InChI is InChI=1S/C12H22N2O7/c1-9(11(13)12(16)17)21-10(15)7-5-3-2-4-6-8-20-14(18)19/h9,11H,2-8,13H2,1H3,(H,16,17). The summed E-state index contributed by atoms with van der Waals surface area (Å²) in [5.74, 6) is -1.69. The van der Waals surface area contributed by atoms with Crippen molar-refractivity contribution < 1.29 is 29.4 Å². The van der Waals surface area contributed by atoms with Gasteiger partial charge in [-0.15, -0.1) is 10.1 Å². The zero-order valence-corrected chi connectivity index (χ0v) is 12.0. The lowest BCUT2D eigenvalue weighted by atomic mass is 10.1. The van der Waals surface area contributed by atoms with Crippen LogP contribution in [0.15, 0.2) is 0 Å². The highest BCUT2D eigenvalue weighted by Gasteiger charge is 2.23. The van der Waals surface area contributed by atoms with Crippen LogP contribution in [0, 0.1) is 10.1 Å². The van der Waals surface area contributed by atoms with E-state index in [1.54, 1.807) is 0 Å². The SMILES string of the molecule is CC(OC(=O)CCCCCCCO[N+](=O)[O-])C(N)C(=O)O. The molecular weight excluding hydrogens is 284 g/mol. The van der Waals surface area contributed by atoms with Gasteiger partial charge in [0.15, 0.2) is 0 Å². The Bertz CT molecular complexity index is 348. The van der Waals surface area contributed by atoms with Crippen LogP contribution >= 0.6 is 0 Å². The first-order valence-electron chi connectivity index (χ1n) is 6.79. The minimum absolute atomic E-state index is 0.0830. The monoisotopic (exact) mass is 306 g/mol. The molecule has 9 heteroatoms. The Kier molecular flexibility index (Phi) is 9.86. The lowest BCUT2D eigenvalue weighted by Gasteiger charge is -2.16. The van der Waals surface area contributed by atoms with Crippen molar-refractivity contribution >= 4 is 11.9 Å². The smallest absolute Gasteiger partial charge is 0.324 e. The van der Waals surface area contributed by atoms with E-state index in [9.17, 15) is 19.7 Å². The molecule has 0 bridgehead atoms. The number of esters is 1. The van der Waals surface area contributed by atoms with E-state index in [4.69, 9.17) is 15.6 Å². The maximum Gasteiger partial charge on any atom is 0.324 e. The molecule has 2 unspecified atom stereocenters. The molecule has 2 atom stereocenters. The molecule has 0 aliphatic carbocycles. The van der Waals surface area contributed by atoms with Crippen LogP contribution in [0.1, 0.15) is 45.4 Å². The largest absolute Gasteiger partial charge is 0.480 e. The van der Waals surface area contributed by atoms with E-state index in [1.807, 2.05) is 0 Å². The summed E-state index contributed by atoms with van der Waals surface area (Å²) in [4.78, 5) is 36.0. The zero-order valence-electron chi connectivity index (χ0n) is 12.0. The Labute approximate surface area is 122 Å². The van der Waals surface area contributed by atoms with Gasteiger partial charge in [0.05, 0.1) is 6.61 Å². The summed E-state index contributed by atoms with van der Waals surface area (Å²) in [6.45, 7) is 1.52. The molecule has 122 valence electrons. The molecule has 0 amide bonds. The summed E-state index contributed by atoms with van der Waals surface area (Å²) in [6, 6.07) is -1.23. The highest BCUT2D eigenvalue weighted by Crippen LogP contribution is 2.08. The van der Waals surface area contributed by atoms with Crippen molar-refractivity contribution in [3.05, 3.63) is 10.1 Å². The Morgan fingerprint density at radius 2 is 1.81 bits per heavy atom. The lowest BCUT2D eigenvalue weighted by Crippen LogP contribution is -2.42. The number of carbonyl (C=O) groups is 2. The summed E-state index contributed by atoms with van der Waals surface area (Å²) in [7, 11) is 0. The third-order valence-corrected chi connectivity index (χ3v) is 2.83. The van der Waals surface area contributed by atoms with Crippen LogP contribution in [0.2, 0.25) is 0 Å². The maximum atomic E-state index is 11.4. The van der Waals surface area contributed by atoms with Crippen LogP contribution in [-0.2, 0) is 19.2 Å². The summed E-state index contributed by atoms with van der Waals surface area (Å²) in [5.41, 5.74) is 5.32. The Hall–Kier alpha value is -1.90. The first-order chi connectivity index (χ1) is 9.84. The van der Waals surface area contributed by atoms with Crippen LogP contribution in [-0.4, -0.2) is 40.9 Å². The van der Waals surface area contributed by atoms with Crippen LogP contribution < -0.4 is 5.73 Å². The molecule has 0 aromatic rings. The summed E-state index contributed by atoms with van der Waals surface area (Å²) >= 11 is 0. The normalized spacial score (nSPS) is 13.2. The number of carboxylic acids is 1.